The molecule has 20 heavy (non-hydrogen) atoms. The fraction of sp³-hybridized carbons (Fsp3) is 0.933. The molecule has 1 aliphatic rings. The van der Waals surface area contributed by atoms with E-state index >= 15 is 0 Å². The van der Waals surface area contributed by atoms with Gasteiger partial charge in [-0.05, 0) is 33.1 Å². The Morgan fingerprint density at radius 1 is 1.30 bits per heavy atom. The lowest BCUT2D eigenvalue weighted by Crippen LogP contribution is -2.47. The van der Waals surface area contributed by atoms with Gasteiger partial charge in [0.1, 0.15) is 5.60 Å². The van der Waals surface area contributed by atoms with Crippen molar-refractivity contribution in [1.82, 2.24) is 15.5 Å². The number of alkyl carbamates (subject to hydrolysis) is 1. The van der Waals surface area contributed by atoms with Gasteiger partial charge in [-0.3, -0.25) is 0 Å². The third-order valence-corrected chi connectivity index (χ3v) is 3.47. The van der Waals surface area contributed by atoms with E-state index in [1.807, 2.05) is 20.8 Å². The Hall–Kier alpha value is -0.810. The topological polar surface area (TPSA) is 53.6 Å². The van der Waals surface area contributed by atoms with E-state index in [1.165, 1.54) is 0 Å². The predicted octanol–water partition coefficient (Wildman–Crippen LogP) is 1.83. The van der Waals surface area contributed by atoms with Gasteiger partial charge in [-0.15, -0.1) is 0 Å². The molecule has 0 aromatic rings. The minimum atomic E-state index is -0.440. The molecule has 1 atom stereocenters. The van der Waals surface area contributed by atoms with Crippen molar-refractivity contribution in [2.24, 2.45) is 5.92 Å². The second kappa shape index (κ2) is 7.84. The van der Waals surface area contributed by atoms with Gasteiger partial charge >= 0.3 is 6.09 Å². The standard InChI is InChI=1S/C15H31N3O2/c1-12(2)13(17-14(19)20-15(3,4)5)6-9-18-10-7-16-8-11-18/h12-13,16H,6-11H2,1-5H3,(H,17,19). The van der Waals surface area contributed by atoms with Crippen LogP contribution in [0.5, 0.6) is 0 Å². The summed E-state index contributed by atoms with van der Waals surface area (Å²) in [7, 11) is 0. The highest BCUT2D eigenvalue weighted by Gasteiger charge is 2.22. The maximum Gasteiger partial charge on any atom is 0.407 e. The second-order valence-corrected chi connectivity index (χ2v) is 6.88. The third kappa shape index (κ3) is 7.10. The molecule has 118 valence electrons. The zero-order chi connectivity index (χ0) is 15.2. The van der Waals surface area contributed by atoms with Crippen molar-refractivity contribution in [3.63, 3.8) is 0 Å². The SMILES string of the molecule is CC(C)C(CCN1CCNCC1)NC(=O)OC(C)(C)C. The van der Waals surface area contributed by atoms with Gasteiger partial charge in [0.05, 0.1) is 0 Å². The summed E-state index contributed by atoms with van der Waals surface area (Å²) >= 11 is 0. The molecule has 1 unspecified atom stereocenters. The first-order chi connectivity index (χ1) is 9.28. The van der Waals surface area contributed by atoms with Gasteiger partial charge in [-0.1, -0.05) is 13.8 Å². The third-order valence-electron chi connectivity index (χ3n) is 3.47. The molecule has 0 aliphatic carbocycles. The number of rotatable bonds is 5. The number of hydrogen-bond donors (Lipinski definition) is 2. The van der Waals surface area contributed by atoms with Crippen LogP contribution in [0.3, 0.4) is 0 Å². The quantitative estimate of drug-likeness (QED) is 0.809. The fourth-order valence-corrected chi connectivity index (χ4v) is 2.29. The molecule has 0 spiro atoms. The van der Waals surface area contributed by atoms with Crippen LogP contribution in [-0.4, -0.2) is 55.4 Å². The number of amides is 1. The first kappa shape index (κ1) is 17.2. The van der Waals surface area contributed by atoms with E-state index in [1.54, 1.807) is 0 Å². The Balaban J connectivity index is 2.37. The zero-order valence-corrected chi connectivity index (χ0v) is 13.7. The number of carbonyl (C=O) groups is 1. The molecule has 5 heteroatoms. The summed E-state index contributed by atoms with van der Waals surface area (Å²) in [6, 6.07) is 0.166. The maximum absolute atomic E-state index is 11.9. The summed E-state index contributed by atoms with van der Waals surface area (Å²) in [4.78, 5) is 14.3. The smallest absolute Gasteiger partial charge is 0.407 e. The minimum absolute atomic E-state index is 0.166. The number of hydrogen-bond acceptors (Lipinski definition) is 4. The van der Waals surface area contributed by atoms with Gasteiger partial charge in [-0.25, -0.2) is 4.79 Å². The highest BCUT2D eigenvalue weighted by molar-refractivity contribution is 5.68. The Labute approximate surface area is 123 Å². The van der Waals surface area contributed by atoms with Crippen LogP contribution in [0.2, 0.25) is 0 Å². The van der Waals surface area contributed by atoms with Gasteiger partial charge in [0.2, 0.25) is 0 Å². The van der Waals surface area contributed by atoms with E-state index in [-0.39, 0.29) is 12.1 Å². The van der Waals surface area contributed by atoms with Crippen LogP contribution >= 0.6 is 0 Å². The van der Waals surface area contributed by atoms with Gasteiger partial charge in [0.15, 0.2) is 0 Å². The first-order valence-electron chi connectivity index (χ1n) is 7.70. The van der Waals surface area contributed by atoms with Crippen molar-refractivity contribution in [1.29, 1.82) is 0 Å². The molecule has 2 N–H and O–H groups in total. The summed E-state index contributed by atoms with van der Waals surface area (Å²) in [6.07, 6.45) is 0.660. The number of carbonyl (C=O) groups excluding carboxylic acids is 1. The molecule has 0 aromatic carbocycles. The van der Waals surface area contributed by atoms with E-state index < -0.39 is 5.60 Å². The largest absolute Gasteiger partial charge is 0.444 e. The van der Waals surface area contributed by atoms with E-state index in [0.29, 0.717) is 5.92 Å². The van der Waals surface area contributed by atoms with Crippen molar-refractivity contribution in [3.05, 3.63) is 0 Å². The average molecular weight is 285 g/mol. The molecule has 1 amide bonds. The summed E-state index contributed by atoms with van der Waals surface area (Å²) in [5.74, 6) is 0.408. The molecular weight excluding hydrogens is 254 g/mol. The van der Waals surface area contributed by atoms with Crippen molar-refractivity contribution in [2.45, 2.75) is 52.7 Å². The highest BCUT2D eigenvalue weighted by atomic mass is 16.6. The normalized spacial score (nSPS) is 18.9. The molecule has 1 rings (SSSR count). The number of nitrogens with zero attached hydrogens (tertiary/aromatic N) is 1. The van der Waals surface area contributed by atoms with Crippen molar-refractivity contribution in [3.8, 4) is 0 Å². The molecule has 1 aliphatic heterocycles. The van der Waals surface area contributed by atoms with Crippen LogP contribution in [0.4, 0.5) is 4.79 Å². The van der Waals surface area contributed by atoms with Crippen LogP contribution in [-0.2, 0) is 4.74 Å². The van der Waals surface area contributed by atoms with Crippen molar-refractivity contribution >= 4 is 6.09 Å². The second-order valence-electron chi connectivity index (χ2n) is 6.88. The first-order valence-corrected chi connectivity index (χ1v) is 7.70. The average Bonchev–Trinajstić information content (AvgIpc) is 2.33. The molecule has 0 saturated carbocycles. The summed E-state index contributed by atoms with van der Waals surface area (Å²) in [5, 5.41) is 6.36. The Morgan fingerprint density at radius 2 is 1.90 bits per heavy atom. The van der Waals surface area contributed by atoms with E-state index in [0.717, 1.165) is 39.1 Å². The molecule has 5 nitrogen and oxygen atoms in total. The Morgan fingerprint density at radius 3 is 2.40 bits per heavy atom. The summed E-state index contributed by atoms with van der Waals surface area (Å²) < 4.78 is 5.34. The van der Waals surface area contributed by atoms with Crippen molar-refractivity contribution in [2.75, 3.05) is 32.7 Å². The molecule has 1 heterocycles. The highest BCUT2D eigenvalue weighted by Crippen LogP contribution is 2.11. The number of nitrogens with one attached hydrogen (secondary N) is 2. The molecular formula is C15H31N3O2. The van der Waals surface area contributed by atoms with E-state index in [2.05, 4.69) is 29.4 Å². The maximum atomic E-state index is 11.9. The molecule has 0 bridgehead atoms. The molecule has 0 aromatic heterocycles. The Kier molecular flexibility index (Phi) is 6.76. The lowest BCUT2D eigenvalue weighted by atomic mass is 10.0. The van der Waals surface area contributed by atoms with Gasteiger partial charge < -0.3 is 20.3 Å². The minimum Gasteiger partial charge on any atom is -0.444 e. The van der Waals surface area contributed by atoms with Crippen molar-refractivity contribution < 1.29 is 9.53 Å². The summed E-state index contributed by atoms with van der Waals surface area (Å²) in [5.41, 5.74) is -0.440. The van der Waals surface area contributed by atoms with Crippen LogP contribution in [0, 0.1) is 5.92 Å². The lowest BCUT2D eigenvalue weighted by molar-refractivity contribution is 0.0482. The number of piperazine rings is 1. The predicted molar refractivity (Wildman–Crippen MR) is 81.9 cm³/mol. The van der Waals surface area contributed by atoms with Crippen LogP contribution in [0.15, 0.2) is 0 Å². The molecule has 0 radical (unpaired) electrons. The van der Waals surface area contributed by atoms with Gasteiger partial charge in [0.25, 0.3) is 0 Å². The monoisotopic (exact) mass is 285 g/mol. The van der Waals surface area contributed by atoms with E-state index in [9.17, 15) is 4.79 Å². The Bertz CT molecular complexity index is 294. The lowest BCUT2D eigenvalue weighted by Gasteiger charge is -2.30. The van der Waals surface area contributed by atoms with Crippen LogP contribution in [0.1, 0.15) is 41.0 Å². The molecule has 1 fully saturated rings. The van der Waals surface area contributed by atoms with Gasteiger partial charge in [-0.2, -0.15) is 0 Å². The van der Waals surface area contributed by atoms with Crippen LogP contribution in [0.25, 0.3) is 0 Å². The summed E-state index contributed by atoms with van der Waals surface area (Å²) in [6.45, 7) is 15.3. The zero-order valence-electron chi connectivity index (χ0n) is 13.7. The van der Waals surface area contributed by atoms with Gasteiger partial charge in [0, 0.05) is 38.8 Å². The molecule has 1 saturated heterocycles. The number of ether oxygens (including phenoxy) is 1. The van der Waals surface area contributed by atoms with Crippen LogP contribution < -0.4 is 10.6 Å². The fourth-order valence-electron chi connectivity index (χ4n) is 2.29. The van der Waals surface area contributed by atoms with E-state index in [4.69, 9.17) is 4.74 Å².